The van der Waals surface area contributed by atoms with Gasteiger partial charge in [-0.2, -0.15) is 0 Å². The van der Waals surface area contributed by atoms with Crippen LogP contribution in [0.4, 0.5) is 5.13 Å². The number of amides is 2. The van der Waals surface area contributed by atoms with Crippen LogP contribution in [0.25, 0.3) is 12.2 Å². The average Bonchev–Trinajstić information content (AvgIpc) is 3.51. The second kappa shape index (κ2) is 12.1. The Kier molecular flexibility index (Phi) is 9.16. The summed E-state index contributed by atoms with van der Waals surface area (Å²) in [6.07, 6.45) is 11.5. The van der Waals surface area contributed by atoms with Gasteiger partial charge in [-0.3, -0.25) is 9.59 Å². The Morgan fingerprint density at radius 2 is 1.94 bits per heavy atom. The van der Waals surface area contributed by atoms with E-state index in [4.69, 9.17) is 9.15 Å². The number of nitrogens with zero attached hydrogens (tertiary/aromatic N) is 4. The third-order valence-corrected chi connectivity index (χ3v) is 5.66. The van der Waals surface area contributed by atoms with Crippen LogP contribution in [0, 0.1) is 5.92 Å². The van der Waals surface area contributed by atoms with Crippen molar-refractivity contribution in [3.63, 3.8) is 0 Å². The number of carbonyl (C=O) groups excluding carboxylic acids is 2. The highest BCUT2D eigenvalue weighted by molar-refractivity contribution is 7.16. The van der Waals surface area contributed by atoms with Crippen molar-refractivity contribution in [3.05, 3.63) is 47.1 Å². The molecule has 36 heavy (non-hydrogen) atoms. The number of hydrogen-bond acceptors (Lipinski definition) is 8. The number of aromatic nitrogens is 4. The van der Waals surface area contributed by atoms with E-state index in [1.165, 1.54) is 11.3 Å². The molecule has 3 rings (SSSR count). The Bertz CT molecular complexity index is 1190. The lowest BCUT2D eigenvalue weighted by molar-refractivity contribution is -0.133. The van der Waals surface area contributed by atoms with Gasteiger partial charge in [0.1, 0.15) is 18.4 Å². The maximum absolute atomic E-state index is 13.1. The lowest BCUT2D eigenvalue weighted by Crippen LogP contribution is -2.47. The molecule has 10 nitrogen and oxygen atoms in total. The molecule has 3 aromatic rings. The van der Waals surface area contributed by atoms with Crippen molar-refractivity contribution in [2.24, 2.45) is 13.0 Å². The van der Waals surface area contributed by atoms with E-state index in [9.17, 15) is 9.59 Å². The summed E-state index contributed by atoms with van der Waals surface area (Å²) in [5.41, 5.74) is 0.211. The maximum atomic E-state index is 13.1. The molecule has 0 aromatic carbocycles. The van der Waals surface area contributed by atoms with E-state index in [1.807, 2.05) is 33.9 Å². The number of aryl methyl sites for hydroxylation is 1. The number of rotatable bonds is 11. The van der Waals surface area contributed by atoms with Gasteiger partial charge in [0, 0.05) is 43.2 Å². The van der Waals surface area contributed by atoms with Gasteiger partial charge in [-0.15, -0.1) is 0 Å². The van der Waals surface area contributed by atoms with Crippen molar-refractivity contribution in [2.75, 3.05) is 11.9 Å². The highest BCUT2D eigenvalue weighted by Gasteiger charge is 2.24. The van der Waals surface area contributed by atoms with Gasteiger partial charge in [0.05, 0.1) is 23.8 Å². The smallest absolute Gasteiger partial charge is 0.249 e. The number of anilines is 1. The Labute approximate surface area is 215 Å². The highest BCUT2D eigenvalue weighted by atomic mass is 32.1. The van der Waals surface area contributed by atoms with Crippen molar-refractivity contribution in [1.82, 2.24) is 24.8 Å². The number of nitrogens with one attached hydrogen (secondary N) is 2. The van der Waals surface area contributed by atoms with Crippen LogP contribution in [0.1, 0.15) is 56.8 Å². The minimum Gasteiger partial charge on any atom is -0.442 e. The fourth-order valence-corrected chi connectivity index (χ4v) is 3.89. The van der Waals surface area contributed by atoms with Crippen LogP contribution < -0.4 is 10.6 Å². The topological polar surface area (TPSA) is 124 Å². The SMILES string of the molecule is CC(C)Cc1cnc(/C=C/c2cnc(NC(=O)C(Cc3cn(C)cn3)NC(=O)COC(C)(C)C)s2)o1. The Hall–Kier alpha value is -3.31. The third-order valence-electron chi connectivity index (χ3n) is 4.78. The van der Waals surface area contributed by atoms with Gasteiger partial charge in [-0.25, -0.2) is 15.0 Å². The van der Waals surface area contributed by atoms with Gasteiger partial charge in [0.2, 0.25) is 17.7 Å². The molecule has 0 radical (unpaired) electrons. The molecule has 1 atom stereocenters. The number of imidazole rings is 1. The Morgan fingerprint density at radius 3 is 2.61 bits per heavy atom. The van der Waals surface area contributed by atoms with E-state index in [-0.39, 0.29) is 24.8 Å². The molecule has 0 fully saturated rings. The molecule has 0 aliphatic rings. The highest BCUT2D eigenvalue weighted by Crippen LogP contribution is 2.21. The van der Waals surface area contributed by atoms with Crippen LogP contribution in [0.15, 0.2) is 29.3 Å². The summed E-state index contributed by atoms with van der Waals surface area (Å²) < 4.78 is 13.0. The quantitative estimate of drug-likeness (QED) is 0.400. The molecule has 1 unspecified atom stereocenters. The van der Waals surface area contributed by atoms with Crippen LogP contribution >= 0.6 is 11.3 Å². The van der Waals surface area contributed by atoms with Crippen LogP contribution in [0.5, 0.6) is 0 Å². The first-order valence-corrected chi connectivity index (χ1v) is 12.6. The van der Waals surface area contributed by atoms with E-state index in [0.717, 1.165) is 17.1 Å². The maximum Gasteiger partial charge on any atom is 0.249 e. The Morgan fingerprint density at radius 1 is 1.17 bits per heavy atom. The largest absolute Gasteiger partial charge is 0.442 e. The van der Waals surface area contributed by atoms with Gasteiger partial charge in [-0.05, 0) is 32.8 Å². The predicted molar refractivity (Wildman–Crippen MR) is 139 cm³/mol. The van der Waals surface area contributed by atoms with Crippen LogP contribution in [0.3, 0.4) is 0 Å². The van der Waals surface area contributed by atoms with Gasteiger partial charge in [0.15, 0.2) is 5.13 Å². The van der Waals surface area contributed by atoms with Crippen molar-refractivity contribution >= 4 is 40.4 Å². The van der Waals surface area contributed by atoms with Crippen molar-refractivity contribution < 1.29 is 18.7 Å². The second-order valence-corrected chi connectivity index (χ2v) is 11.0. The molecule has 0 saturated carbocycles. The second-order valence-electron chi connectivity index (χ2n) is 9.91. The summed E-state index contributed by atoms with van der Waals surface area (Å²) in [7, 11) is 1.84. The molecule has 3 aromatic heterocycles. The zero-order valence-electron chi connectivity index (χ0n) is 21.6. The number of thiazole rings is 1. The molecule has 0 aliphatic carbocycles. The number of ether oxygens (including phenoxy) is 1. The summed E-state index contributed by atoms with van der Waals surface area (Å²) in [6, 6.07) is -0.842. The molecule has 0 aliphatic heterocycles. The van der Waals surface area contributed by atoms with Crippen molar-refractivity contribution in [3.8, 4) is 0 Å². The van der Waals surface area contributed by atoms with E-state index in [2.05, 4.69) is 39.4 Å². The number of hydrogen-bond donors (Lipinski definition) is 2. The van der Waals surface area contributed by atoms with Crippen molar-refractivity contribution in [1.29, 1.82) is 0 Å². The molecular formula is C25H34N6O4S. The van der Waals surface area contributed by atoms with Crippen LogP contribution in [-0.2, 0) is 34.2 Å². The fourth-order valence-electron chi connectivity index (χ4n) is 3.17. The molecule has 0 bridgehead atoms. The lowest BCUT2D eigenvalue weighted by Gasteiger charge is -2.21. The standard InChI is InChI=1S/C25H34N6O4S/c1-16(2)9-18-11-26-22(35-18)8-7-19-12-27-24(36-19)30-23(33)20(10-17-13-31(6)15-28-17)29-21(32)14-34-25(3,4)5/h7-8,11-13,15-16,20H,9-10,14H2,1-6H3,(H,29,32)(H,27,30,33)/b8-7+. The fraction of sp³-hybridized carbons (Fsp3) is 0.480. The predicted octanol–water partition coefficient (Wildman–Crippen LogP) is 3.71. The monoisotopic (exact) mass is 514 g/mol. The van der Waals surface area contributed by atoms with E-state index in [0.29, 0.717) is 22.6 Å². The molecule has 194 valence electrons. The first-order chi connectivity index (χ1) is 17.0. The van der Waals surface area contributed by atoms with Gasteiger partial charge < -0.3 is 24.4 Å². The zero-order valence-corrected chi connectivity index (χ0v) is 22.4. The lowest BCUT2D eigenvalue weighted by atomic mass is 10.1. The zero-order chi connectivity index (χ0) is 26.3. The molecule has 0 saturated heterocycles. The number of carbonyl (C=O) groups is 2. The summed E-state index contributed by atoms with van der Waals surface area (Å²) in [4.78, 5) is 39.2. The van der Waals surface area contributed by atoms with Crippen LogP contribution in [-0.4, -0.2) is 49.6 Å². The first kappa shape index (κ1) is 27.3. The van der Waals surface area contributed by atoms with E-state index >= 15 is 0 Å². The summed E-state index contributed by atoms with van der Waals surface area (Å²) >= 11 is 1.30. The summed E-state index contributed by atoms with van der Waals surface area (Å²) in [5.74, 6) is 1.07. The van der Waals surface area contributed by atoms with Crippen molar-refractivity contribution in [2.45, 2.75) is 59.1 Å². The van der Waals surface area contributed by atoms with Gasteiger partial charge >= 0.3 is 0 Å². The Balaban J connectivity index is 1.63. The minimum atomic E-state index is -0.842. The molecule has 11 heteroatoms. The molecular weight excluding hydrogens is 480 g/mol. The average molecular weight is 515 g/mol. The van der Waals surface area contributed by atoms with Crippen LogP contribution in [0.2, 0.25) is 0 Å². The first-order valence-electron chi connectivity index (χ1n) is 11.8. The summed E-state index contributed by atoms with van der Waals surface area (Å²) in [5, 5.41) is 5.97. The molecule has 3 heterocycles. The minimum absolute atomic E-state index is 0.151. The van der Waals surface area contributed by atoms with E-state index in [1.54, 1.807) is 35.6 Å². The normalized spacial score (nSPS) is 12.9. The molecule has 2 amide bonds. The van der Waals surface area contributed by atoms with E-state index < -0.39 is 11.6 Å². The van der Waals surface area contributed by atoms with Gasteiger partial charge in [-0.1, -0.05) is 25.2 Å². The molecule has 0 spiro atoms. The third kappa shape index (κ3) is 9.04. The van der Waals surface area contributed by atoms with Gasteiger partial charge in [0.25, 0.3) is 0 Å². The summed E-state index contributed by atoms with van der Waals surface area (Å²) in [6.45, 7) is 9.67. The number of oxazole rings is 1. The molecule has 2 N–H and O–H groups in total.